The van der Waals surface area contributed by atoms with E-state index >= 15 is 0 Å². The minimum atomic E-state index is -0.636. The van der Waals surface area contributed by atoms with Crippen LogP contribution in [0.3, 0.4) is 0 Å². The lowest BCUT2D eigenvalue weighted by Crippen LogP contribution is -2.40. The molecule has 19 heavy (non-hydrogen) atoms. The lowest BCUT2D eigenvalue weighted by molar-refractivity contribution is 0.0298. The molecule has 3 amide bonds. The van der Waals surface area contributed by atoms with Crippen molar-refractivity contribution in [2.24, 2.45) is 0 Å². The van der Waals surface area contributed by atoms with Crippen LogP contribution in [0.25, 0.3) is 0 Å². The number of nitrogens with one attached hydrogen (secondary N) is 1. The predicted molar refractivity (Wildman–Crippen MR) is 68.4 cm³/mol. The highest BCUT2D eigenvalue weighted by Crippen LogP contribution is 2.26. The maximum absolute atomic E-state index is 12.1. The number of pyridine rings is 1. The van der Waals surface area contributed by atoms with Gasteiger partial charge in [-0.25, -0.2) is 14.5 Å². The van der Waals surface area contributed by atoms with Crippen LogP contribution in [0.2, 0.25) is 0 Å². The number of rotatable bonds is 1. The molecule has 1 aromatic heterocycles. The standard InChI is InChI=1S/C13H17N3O3/c1-13(2,3)19-12(18)16-10(8-15-11(16)17)9-4-6-14-7-5-9/h4-7,10H,8H2,1-3H3,(H,15,17). The Balaban J connectivity index is 2.21. The molecule has 1 atom stereocenters. The van der Waals surface area contributed by atoms with Crippen LogP contribution in [0, 0.1) is 0 Å². The Morgan fingerprint density at radius 3 is 2.63 bits per heavy atom. The van der Waals surface area contributed by atoms with Gasteiger partial charge in [-0.3, -0.25) is 4.98 Å². The molecular formula is C13H17N3O3. The molecule has 0 aromatic carbocycles. The van der Waals surface area contributed by atoms with Crippen molar-refractivity contribution in [2.75, 3.05) is 6.54 Å². The average molecular weight is 263 g/mol. The third-order valence-corrected chi connectivity index (χ3v) is 2.66. The van der Waals surface area contributed by atoms with Crippen LogP contribution in [0.5, 0.6) is 0 Å². The third-order valence-electron chi connectivity index (χ3n) is 2.66. The Labute approximate surface area is 111 Å². The number of ether oxygens (including phenoxy) is 1. The first-order chi connectivity index (χ1) is 8.88. The van der Waals surface area contributed by atoms with Gasteiger partial charge in [0.2, 0.25) is 0 Å². The molecule has 0 bridgehead atoms. The molecule has 1 aliphatic rings. The SMILES string of the molecule is CC(C)(C)OC(=O)N1C(=O)NCC1c1ccncc1. The second-order valence-corrected chi connectivity index (χ2v) is 5.33. The second kappa shape index (κ2) is 4.87. The van der Waals surface area contributed by atoms with E-state index in [0.717, 1.165) is 10.5 Å². The Morgan fingerprint density at radius 1 is 1.42 bits per heavy atom. The third kappa shape index (κ3) is 3.01. The summed E-state index contributed by atoms with van der Waals surface area (Å²) in [6.45, 7) is 5.67. The second-order valence-electron chi connectivity index (χ2n) is 5.33. The van der Waals surface area contributed by atoms with E-state index in [9.17, 15) is 9.59 Å². The molecular weight excluding hydrogens is 246 g/mol. The first-order valence-electron chi connectivity index (χ1n) is 6.08. The van der Waals surface area contributed by atoms with Crippen LogP contribution >= 0.6 is 0 Å². The zero-order chi connectivity index (χ0) is 14.0. The molecule has 0 aliphatic carbocycles. The zero-order valence-electron chi connectivity index (χ0n) is 11.2. The largest absolute Gasteiger partial charge is 0.443 e. The van der Waals surface area contributed by atoms with Crippen LogP contribution in [0.15, 0.2) is 24.5 Å². The normalized spacial score (nSPS) is 19.2. The topological polar surface area (TPSA) is 71.5 Å². The van der Waals surface area contributed by atoms with Gasteiger partial charge >= 0.3 is 12.1 Å². The molecule has 6 nitrogen and oxygen atoms in total. The quantitative estimate of drug-likeness (QED) is 0.842. The summed E-state index contributed by atoms with van der Waals surface area (Å²) in [5.74, 6) is 0. The van der Waals surface area contributed by atoms with Gasteiger partial charge < -0.3 is 10.1 Å². The lowest BCUT2D eigenvalue weighted by atomic mass is 10.1. The highest BCUT2D eigenvalue weighted by molar-refractivity contribution is 5.93. The van der Waals surface area contributed by atoms with Crippen LogP contribution in [-0.2, 0) is 4.74 Å². The van der Waals surface area contributed by atoms with Gasteiger partial charge in [0.1, 0.15) is 5.60 Å². The molecule has 1 aromatic rings. The molecule has 0 radical (unpaired) electrons. The number of amides is 3. The summed E-state index contributed by atoms with van der Waals surface area (Å²) in [4.78, 5) is 28.9. The van der Waals surface area contributed by atoms with Gasteiger partial charge in [-0.2, -0.15) is 0 Å². The average Bonchev–Trinajstić information content (AvgIpc) is 2.70. The van der Waals surface area contributed by atoms with E-state index in [4.69, 9.17) is 4.74 Å². The fourth-order valence-corrected chi connectivity index (χ4v) is 1.88. The van der Waals surface area contributed by atoms with Crippen molar-refractivity contribution in [3.63, 3.8) is 0 Å². The molecule has 1 saturated heterocycles. The van der Waals surface area contributed by atoms with Gasteiger partial charge in [-0.05, 0) is 38.5 Å². The number of imide groups is 1. The maximum atomic E-state index is 12.1. The molecule has 0 spiro atoms. The Kier molecular flexibility index (Phi) is 3.42. The van der Waals surface area contributed by atoms with E-state index in [0.29, 0.717) is 6.54 Å². The summed E-state index contributed by atoms with van der Waals surface area (Å²) < 4.78 is 5.25. The number of hydrogen-bond acceptors (Lipinski definition) is 4. The summed E-state index contributed by atoms with van der Waals surface area (Å²) >= 11 is 0. The van der Waals surface area contributed by atoms with Crippen molar-refractivity contribution in [3.05, 3.63) is 30.1 Å². The fraction of sp³-hybridized carbons (Fsp3) is 0.462. The van der Waals surface area contributed by atoms with Crippen LogP contribution in [0.4, 0.5) is 9.59 Å². The number of carbonyl (C=O) groups is 2. The first-order valence-corrected chi connectivity index (χ1v) is 6.08. The fourth-order valence-electron chi connectivity index (χ4n) is 1.88. The molecule has 0 saturated carbocycles. The minimum Gasteiger partial charge on any atom is -0.443 e. The van der Waals surface area contributed by atoms with E-state index in [1.165, 1.54) is 0 Å². The van der Waals surface area contributed by atoms with Gasteiger partial charge in [0.05, 0.1) is 6.04 Å². The molecule has 2 rings (SSSR count). The van der Waals surface area contributed by atoms with E-state index < -0.39 is 17.7 Å². The molecule has 6 heteroatoms. The monoisotopic (exact) mass is 263 g/mol. The van der Waals surface area contributed by atoms with Gasteiger partial charge in [0.25, 0.3) is 0 Å². The van der Waals surface area contributed by atoms with Gasteiger partial charge in [-0.1, -0.05) is 0 Å². The van der Waals surface area contributed by atoms with Gasteiger partial charge in [-0.15, -0.1) is 0 Å². The van der Waals surface area contributed by atoms with E-state index in [1.807, 2.05) is 0 Å². The van der Waals surface area contributed by atoms with Crippen LogP contribution < -0.4 is 5.32 Å². The number of carbonyl (C=O) groups excluding carboxylic acids is 2. The molecule has 1 fully saturated rings. The summed E-state index contributed by atoms with van der Waals surface area (Å²) in [6, 6.07) is 2.77. The van der Waals surface area contributed by atoms with E-state index in [2.05, 4.69) is 10.3 Å². The lowest BCUT2D eigenvalue weighted by Gasteiger charge is -2.26. The highest BCUT2D eigenvalue weighted by atomic mass is 16.6. The first kappa shape index (κ1) is 13.3. The van der Waals surface area contributed by atoms with Crippen molar-refractivity contribution in [1.82, 2.24) is 15.2 Å². The van der Waals surface area contributed by atoms with Crippen molar-refractivity contribution in [3.8, 4) is 0 Å². The van der Waals surface area contributed by atoms with Crippen molar-refractivity contribution >= 4 is 12.1 Å². The number of hydrogen-bond donors (Lipinski definition) is 1. The van der Waals surface area contributed by atoms with Gasteiger partial charge in [0.15, 0.2) is 0 Å². The van der Waals surface area contributed by atoms with Crippen molar-refractivity contribution in [1.29, 1.82) is 0 Å². The molecule has 1 aliphatic heterocycles. The number of nitrogens with zero attached hydrogens (tertiary/aromatic N) is 2. The van der Waals surface area contributed by atoms with Gasteiger partial charge in [0, 0.05) is 18.9 Å². The zero-order valence-corrected chi connectivity index (χ0v) is 11.2. The summed E-state index contributed by atoms with van der Waals surface area (Å²) in [7, 11) is 0. The number of urea groups is 1. The molecule has 2 heterocycles. The van der Waals surface area contributed by atoms with Crippen LogP contribution in [0.1, 0.15) is 32.4 Å². The maximum Gasteiger partial charge on any atom is 0.419 e. The van der Waals surface area contributed by atoms with Crippen molar-refractivity contribution < 1.29 is 14.3 Å². The Hall–Kier alpha value is -2.11. The number of aromatic nitrogens is 1. The summed E-state index contributed by atoms with van der Waals surface area (Å²) in [6.07, 6.45) is 2.63. The molecule has 1 unspecified atom stereocenters. The highest BCUT2D eigenvalue weighted by Gasteiger charge is 2.39. The molecule has 1 N–H and O–H groups in total. The van der Waals surface area contributed by atoms with Crippen LogP contribution in [-0.4, -0.2) is 34.2 Å². The summed E-state index contributed by atoms with van der Waals surface area (Å²) in [5.41, 5.74) is 0.210. The summed E-state index contributed by atoms with van der Waals surface area (Å²) in [5, 5.41) is 2.65. The Bertz CT molecular complexity index is 482. The molecule has 102 valence electrons. The van der Waals surface area contributed by atoms with E-state index in [-0.39, 0.29) is 6.04 Å². The minimum absolute atomic E-state index is 0.356. The smallest absolute Gasteiger partial charge is 0.419 e. The predicted octanol–water partition coefficient (Wildman–Crippen LogP) is 2.08. The van der Waals surface area contributed by atoms with Crippen molar-refractivity contribution in [2.45, 2.75) is 32.4 Å². The van der Waals surface area contributed by atoms with E-state index in [1.54, 1.807) is 45.3 Å². The Morgan fingerprint density at radius 2 is 2.05 bits per heavy atom.